The van der Waals surface area contributed by atoms with Crippen LogP contribution in [0.15, 0.2) is 60.9 Å². The van der Waals surface area contributed by atoms with E-state index in [1.807, 2.05) is 19.1 Å². The maximum atomic E-state index is 13.0. The largest absolute Gasteiger partial charge is 0.322 e. The molecule has 0 radical (unpaired) electrons. The predicted molar refractivity (Wildman–Crippen MR) is 103 cm³/mol. The van der Waals surface area contributed by atoms with Gasteiger partial charge in [-0.05, 0) is 54.4 Å². The molecule has 0 atom stereocenters. The molecule has 7 heteroatoms. The number of nitrogens with zero attached hydrogens (tertiary/aromatic N) is 3. The van der Waals surface area contributed by atoms with Crippen LogP contribution >= 0.6 is 11.6 Å². The minimum atomic E-state index is -0.357. The van der Waals surface area contributed by atoms with Gasteiger partial charge in [0, 0.05) is 29.2 Å². The smallest absolute Gasteiger partial charge is 0.255 e. The van der Waals surface area contributed by atoms with Crippen LogP contribution in [0.1, 0.15) is 15.9 Å². The van der Waals surface area contributed by atoms with Gasteiger partial charge in [-0.3, -0.25) is 4.79 Å². The highest BCUT2D eigenvalue weighted by atomic mass is 35.5. The quantitative estimate of drug-likeness (QED) is 0.558. The van der Waals surface area contributed by atoms with Crippen LogP contribution in [0.2, 0.25) is 5.15 Å². The normalized spacial score (nSPS) is 10.9. The van der Waals surface area contributed by atoms with E-state index in [2.05, 4.69) is 15.4 Å². The molecular formula is C20H14ClFN4O. The van der Waals surface area contributed by atoms with Gasteiger partial charge in [0.25, 0.3) is 5.91 Å². The molecule has 0 aliphatic rings. The van der Waals surface area contributed by atoms with Crippen LogP contribution < -0.4 is 5.32 Å². The van der Waals surface area contributed by atoms with Crippen LogP contribution in [-0.4, -0.2) is 20.5 Å². The summed E-state index contributed by atoms with van der Waals surface area (Å²) in [6.07, 6.45) is 3.35. The monoisotopic (exact) mass is 380 g/mol. The zero-order valence-corrected chi connectivity index (χ0v) is 15.0. The number of carbonyl (C=O) groups excluding carboxylic acids is 1. The summed E-state index contributed by atoms with van der Waals surface area (Å²) in [5, 5.41) is 7.28. The van der Waals surface area contributed by atoms with Gasteiger partial charge in [-0.25, -0.2) is 13.9 Å². The summed E-state index contributed by atoms with van der Waals surface area (Å²) in [6.45, 7) is 1.86. The number of hydrogen-bond donors (Lipinski definition) is 1. The lowest BCUT2D eigenvalue weighted by molar-refractivity contribution is 0.102. The first-order valence-electron chi connectivity index (χ1n) is 8.19. The van der Waals surface area contributed by atoms with Crippen molar-refractivity contribution in [2.75, 3.05) is 5.32 Å². The predicted octanol–water partition coefficient (Wildman–Crippen LogP) is 4.75. The molecule has 2 aromatic carbocycles. The van der Waals surface area contributed by atoms with Crippen molar-refractivity contribution in [3.8, 4) is 11.1 Å². The molecular weight excluding hydrogens is 367 g/mol. The minimum absolute atomic E-state index is 0.277. The van der Waals surface area contributed by atoms with E-state index in [-0.39, 0.29) is 11.7 Å². The molecule has 4 rings (SSSR count). The second kappa shape index (κ2) is 6.81. The van der Waals surface area contributed by atoms with Gasteiger partial charge in [-0.15, -0.1) is 0 Å². The van der Waals surface area contributed by atoms with E-state index in [4.69, 9.17) is 11.6 Å². The number of halogens is 2. The Balaban J connectivity index is 1.73. The van der Waals surface area contributed by atoms with Crippen LogP contribution in [0.5, 0.6) is 0 Å². The first-order valence-corrected chi connectivity index (χ1v) is 8.57. The number of carbonyl (C=O) groups is 1. The highest BCUT2D eigenvalue weighted by Crippen LogP contribution is 2.28. The third-order valence-corrected chi connectivity index (χ3v) is 4.41. The summed E-state index contributed by atoms with van der Waals surface area (Å²) in [5.74, 6) is -0.634. The number of aromatic nitrogens is 3. The molecule has 27 heavy (non-hydrogen) atoms. The maximum absolute atomic E-state index is 13.0. The Kier molecular flexibility index (Phi) is 4.33. The molecule has 2 heterocycles. The fourth-order valence-electron chi connectivity index (χ4n) is 2.86. The lowest BCUT2D eigenvalue weighted by Gasteiger charge is -2.11. The van der Waals surface area contributed by atoms with Gasteiger partial charge in [-0.2, -0.15) is 5.10 Å². The Morgan fingerprint density at radius 3 is 2.70 bits per heavy atom. The fourth-order valence-corrected chi connectivity index (χ4v) is 3.05. The lowest BCUT2D eigenvalue weighted by Crippen LogP contribution is -2.13. The molecule has 4 aromatic rings. The molecule has 5 nitrogen and oxygen atoms in total. The highest BCUT2D eigenvalue weighted by Gasteiger charge is 2.14. The van der Waals surface area contributed by atoms with E-state index in [0.717, 1.165) is 16.7 Å². The van der Waals surface area contributed by atoms with E-state index >= 15 is 0 Å². The van der Waals surface area contributed by atoms with Crippen molar-refractivity contribution >= 4 is 28.8 Å². The van der Waals surface area contributed by atoms with Gasteiger partial charge in [0.05, 0.1) is 0 Å². The second-order valence-electron chi connectivity index (χ2n) is 6.07. The molecule has 0 unspecified atom stereocenters. The Hall–Kier alpha value is -3.25. The number of hydrogen-bond acceptors (Lipinski definition) is 3. The standard InChI is InChI=1S/C20H14ClFN4O/c1-12-2-3-13(17-11-18(21)25-26-9-8-23-19(17)26)10-16(12)20(27)24-15-6-4-14(22)5-7-15/h2-11H,1H3,(H,24,27). The zero-order chi connectivity index (χ0) is 19.0. The van der Waals surface area contributed by atoms with E-state index in [1.165, 1.54) is 24.3 Å². The Bertz CT molecular complexity index is 1150. The molecule has 1 amide bonds. The number of nitrogens with one attached hydrogen (secondary N) is 1. The van der Waals surface area contributed by atoms with Gasteiger partial charge < -0.3 is 5.32 Å². The van der Waals surface area contributed by atoms with E-state index in [9.17, 15) is 9.18 Å². The average Bonchev–Trinajstić information content (AvgIpc) is 3.11. The number of anilines is 1. The summed E-state index contributed by atoms with van der Waals surface area (Å²) < 4.78 is 14.6. The van der Waals surface area contributed by atoms with E-state index in [1.54, 1.807) is 29.0 Å². The molecule has 134 valence electrons. The molecule has 0 saturated carbocycles. The third kappa shape index (κ3) is 3.39. The van der Waals surface area contributed by atoms with Crippen molar-refractivity contribution in [2.24, 2.45) is 0 Å². The topological polar surface area (TPSA) is 59.3 Å². The molecule has 2 aromatic heterocycles. The zero-order valence-electron chi connectivity index (χ0n) is 14.3. The number of benzene rings is 2. The van der Waals surface area contributed by atoms with Gasteiger partial charge in [0.15, 0.2) is 10.8 Å². The van der Waals surface area contributed by atoms with Crippen LogP contribution in [0.25, 0.3) is 16.8 Å². The molecule has 0 spiro atoms. The lowest BCUT2D eigenvalue weighted by atomic mass is 10.00. The van der Waals surface area contributed by atoms with Crippen molar-refractivity contribution in [3.63, 3.8) is 0 Å². The van der Waals surface area contributed by atoms with E-state index < -0.39 is 0 Å². The van der Waals surface area contributed by atoms with Gasteiger partial charge in [0.2, 0.25) is 0 Å². The van der Waals surface area contributed by atoms with Crippen molar-refractivity contribution in [3.05, 3.63) is 83.0 Å². The maximum Gasteiger partial charge on any atom is 0.255 e. The first-order chi connectivity index (χ1) is 13.0. The number of rotatable bonds is 3. The summed E-state index contributed by atoms with van der Waals surface area (Å²) >= 11 is 6.11. The van der Waals surface area contributed by atoms with Crippen molar-refractivity contribution in [1.29, 1.82) is 0 Å². The molecule has 0 fully saturated rings. The van der Waals surface area contributed by atoms with Crippen LogP contribution in [0.3, 0.4) is 0 Å². The molecule has 0 bridgehead atoms. The van der Waals surface area contributed by atoms with E-state index in [0.29, 0.717) is 22.1 Å². The molecule has 0 aliphatic heterocycles. The van der Waals surface area contributed by atoms with Crippen molar-refractivity contribution in [1.82, 2.24) is 14.6 Å². The number of fused-ring (bicyclic) bond motifs is 1. The van der Waals surface area contributed by atoms with Crippen molar-refractivity contribution in [2.45, 2.75) is 6.92 Å². The minimum Gasteiger partial charge on any atom is -0.322 e. The second-order valence-corrected chi connectivity index (χ2v) is 6.45. The summed E-state index contributed by atoms with van der Waals surface area (Å²) in [5.41, 5.74) is 4.07. The number of amides is 1. The summed E-state index contributed by atoms with van der Waals surface area (Å²) in [7, 11) is 0. The Morgan fingerprint density at radius 2 is 1.93 bits per heavy atom. The average molecular weight is 381 g/mol. The SMILES string of the molecule is Cc1ccc(-c2cc(Cl)nn3ccnc23)cc1C(=O)Nc1ccc(F)cc1. The summed E-state index contributed by atoms with van der Waals surface area (Å²) in [4.78, 5) is 17.0. The van der Waals surface area contributed by atoms with Crippen molar-refractivity contribution < 1.29 is 9.18 Å². The van der Waals surface area contributed by atoms with Gasteiger partial charge >= 0.3 is 0 Å². The van der Waals surface area contributed by atoms with Gasteiger partial charge in [0.1, 0.15) is 5.82 Å². The molecule has 0 aliphatic carbocycles. The van der Waals surface area contributed by atoms with Crippen LogP contribution in [0, 0.1) is 12.7 Å². The van der Waals surface area contributed by atoms with Gasteiger partial charge in [-0.1, -0.05) is 23.7 Å². The Labute approximate surface area is 159 Å². The Morgan fingerprint density at radius 1 is 1.15 bits per heavy atom. The first kappa shape index (κ1) is 17.2. The highest BCUT2D eigenvalue weighted by molar-refractivity contribution is 6.29. The van der Waals surface area contributed by atoms with Crippen LogP contribution in [0.4, 0.5) is 10.1 Å². The molecule has 1 N–H and O–H groups in total. The molecule has 0 saturated heterocycles. The fraction of sp³-hybridized carbons (Fsp3) is 0.0500. The van der Waals surface area contributed by atoms with Crippen LogP contribution in [-0.2, 0) is 0 Å². The number of aryl methyl sites for hydroxylation is 1. The summed E-state index contributed by atoms with van der Waals surface area (Å²) in [6, 6.07) is 12.9. The number of imidazole rings is 1. The third-order valence-electron chi connectivity index (χ3n) is 4.22.